The SMILES string of the molecule is CC1=C2[C@@H](O)C[C@]2(C)[C@@]2(O)C[C@](C)(CO)C[C@H]2C1=O. The molecule has 2 saturated carbocycles. The van der Waals surface area contributed by atoms with Gasteiger partial charge in [0.25, 0.3) is 0 Å². The van der Waals surface area contributed by atoms with Gasteiger partial charge in [0.2, 0.25) is 0 Å². The lowest BCUT2D eigenvalue weighted by molar-refractivity contribution is -0.163. The van der Waals surface area contributed by atoms with Crippen molar-refractivity contribution in [3.05, 3.63) is 11.1 Å². The number of ketones is 1. The number of allylic oxidation sites excluding steroid dienone is 1. The van der Waals surface area contributed by atoms with E-state index in [0.29, 0.717) is 24.8 Å². The first-order valence-corrected chi connectivity index (χ1v) is 6.95. The molecule has 0 radical (unpaired) electrons. The van der Waals surface area contributed by atoms with Crippen LogP contribution >= 0.6 is 0 Å². The number of rotatable bonds is 1. The van der Waals surface area contributed by atoms with E-state index in [4.69, 9.17) is 0 Å². The molecule has 3 aliphatic rings. The lowest BCUT2D eigenvalue weighted by atomic mass is 9.48. The summed E-state index contributed by atoms with van der Waals surface area (Å²) in [5, 5.41) is 30.7. The Morgan fingerprint density at radius 3 is 2.47 bits per heavy atom. The van der Waals surface area contributed by atoms with Gasteiger partial charge in [0, 0.05) is 12.0 Å². The van der Waals surface area contributed by atoms with E-state index in [-0.39, 0.29) is 12.4 Å². The van der Waals surface area contributed by atoms with Crippen LogP contribution in [0.1, 0.15) is 40.0 Å². The van der Waals surface area contributed by atoms with E-state index in [0.717, 1.165) is 5.57 Å². The summed E-state index contributed by atoms with van der Waals surface area (Å²) in [6.45, 7) is 5.60. The molecule has 3 N–H and O–H groups in total. The summed E-state index contributed by atoms with van der Waals surface area (Å²) < 4.78 is 0. The quantitative estimate of drug-likeness (QED) is 0.656. The standard InChI is InChI=1S/C15H22O4/c1-8-11-10(17)5-14(11,3)15(19)6-13(2,7-16)4-9(15)12(8)18/h9-10,16-17,19H,4-7H2,1-3H3/t9-,10-,13+,14-,15+/m0/s1. The Hall–Kier alpha value is -0.710. The molecule has 2 fully saturated rings. The first kappa shape index (κ1) is 13.3. The highest BCUT2D eigenvalue weighted by molar-refractivity contribution is 6.01. The van der Waals surface area contributed by atoms with Gasteiger partial charge in [0.1, 0.15) is 0 Å². The van der Waals surface area contributed by atoms with E-state index in [1.807, 2.05) is 13.8 Å². The Morgan fingerprint density at radius 2 is 1.95 bits per heavy atom. The summed E-state index contributed by atoms with van der Waals surface area (Å²) in [4.78, 5) is 12.5. The minimum absolute atomic E-state index is 0.0217. The first-order chi connectivity index (χ1) is 8.68. The Labute approximate surface area is 113 Å². The average molecular weight is 266 g/mol. The van der Waals surface area contributed by atoms with E-state index >= 15 is 0 Å². The lowest BCUT2D eigenvalue weighted by Crippen LogP contribution is -2.64. The maximum atomic E-state index is 12.5. The van der Waals surface area contributed by atoms with Crippen LogP contribution in [0, 0.1) is 16.7 Å². The van der Waals surface area contributed by atoms with Crippen LogP contribution in [0.5, 0.6) is 0 Å². The van der Waals surface area contributed by atoms with Gasteiger partial charge in [-0.15, -0.1) is 0 Å². The number of carbonyl (C=O) groups is 1. The van der Waals surface area contributed by atoms with Crippen LogP contribution in [0.25, 0.3) is 0 Å². The number of carbonyl (C=O) groups excluding carboxylic acids is 1. The van der Waals surface area contributed by atoms with E-state index in [1.54, 1.807) is 6.92 Å². The molecule has 0 bridgehead atoms. The third-order valence-corrected chi connectivity index (χ3v) is 5.93. The number of fused-ring (bicyclic) bond motifs is 3. The number of hydrogen-bond donors (Lipinski definition) is 3. The van der Waals surface area contributed by atoms with E-state index in [9.17, 15) is 20.1 Å². The Balaban J connectivity index is 2.13. The van der Waals surface area contributed by atoms with Crippen LogP contribution in [-0.2, 0) is 4.79 Å². The fourth-order valence-corrected chi connectivity index (χ4v) is 4.82. The monoisotopic (exact) mass is 266 g/mol. The molecule has 0 aromatic rings. The molecule has 0 aromatic heterocycles. The Bertz CT molecular complexity index is 496. The molecule has 5 atom stereocenters. The van der Waals surface area contributed by atoms with Crippen LogP contribution in [0.15, 0.2) is 11.1 Å². The summed E-state index contributed by atoms with van der Waals surface area (Å²) in [7, 11) is 0. The third kappa shape index (κ3) is 1.32. The second-order valence-electron chi connectivity index (χ2n) is 7.28. The fraction of sp³-hybridized carbons (Fsp3) is 0.800. The highest BCUT2D eigenvalue weighted by Gasteiger charge is 2.70. The zero-order valence-corrected chi connectivity index (χ0v) is 11.7. The first-order valence-electron chi connectivity index (χ1n) is 6.95. The van der Waals surface area contributed by atoms with Crippen molar-refractivity contribution in [2.24, 2.45) is 16.7 Å². The van der Waals surface area contributed by atoms with Gasteiger partial charge < -0.3 is 15.3 Å². The molecule has 0 amide bonds. The van der Waals surface area contributed by atoms with Crippen molar-refractivity contribution in [3.8, 4) is 0 Å². The van der Waals surface area contributed by atoms with Gasteiger partial charge in [-0.05, 0) is 42.7 Å². The fourth-order valence-electron chi connectivity index (χ4n) is 4.82. The number of aliphatic hydroxyl groups excluding tert-OH is 2. The Morgan fingerprint density at radius 1 is 1.32 bits per heavy atom. The van der Waals surface area contributed by atoms with Gasteiger partial charge in [-0.1, -0.05) is 13.8 Å². The second-order valence-corrected chi connectivity index (χ2v) is 7.28. The molecule has 0 saturated heterocycles. The van der Waals surface area contributed by atoms with Crippen LogP contribution in [-0.4, -0.2) is 39.4 Å². The van der Waals surface area contributed by atoms with Crippen molar-refractivity contribution < 1.29 is 20.1 Å². The summed E-state index contributed by atoms with van der Waals surface area (Å²) in [6, 6.07) is 0. The molecular formula is C15H22O4. The largest absolute Gasteiger partial charge is 0.396 e. The minimum Gasteiger partial charge on any atom is -0.396 e. The number of hydrogen-bond acceptors (Lipinski definition) is 4. The smallest absolute Gasteiger partial charge is 0.164 e. The van der Waals surface area contributed by atoms with Crippen LogP contribution in [0.4, 0.5) is 0 Å². The zero-order valence-electron chi connectivity index (χ0n) is 11.7. The van der Waals surface area contributed by atoms with Gasteiger partial charge >= 0.3 is 0 Å². The number of Topliss-reactive ketones (excluding diaryl/α,β-unsaturated/α-hetero) is 1. The predicted octanol–water partition coefficient (Wildman–Crippen LogP) is 0.796. The van der Waals surface area contributed by atoms with Gasteiger partial charge in [-0.3, -0.25) is 4.79 Å². The molecule has 19 heavy (non-hydrogen) atoms. The normalized spacial score (nSPS) is 52.8. The molecule has 0 aromatic carbocycles. The van der Waals surface area contributed by atoms with Crippen molar-refractivity contribution in [1.29, 1.82) is 0 Å². The van der Waals surface area contributed by atoms with E-state index < -0.39 is 28.5 Å². The molecule has 4 heteroatoms. The van der Waals surface area contributed by atoms with E-state index in [2.05, 4.69) is 0 Å². The average Bonchev–Trinajstić information content (AvgIpc) is 2.61. The van der Waals surface area contributed by atoms with Crippen LogP contribution in [0.3, 0.4) is 0 Å². The second kappa shape index (κ2) is 3.48. The summed E-state index contributed by atoms with van der Waals surface area (Å²) in [5.74, 6) is -0.489. The topological polar surface area (TPSA) is 77.8 Å². The molecular weight excluding hydrogens is 244 g/mol. The van der Waals surface area contributed by atoms with Crippen molar-refractivity contribution in [3.63, 3.8) is 0 Å². The third-order valence-electron chi connectivity index (χ3n) is 5.93. The van der Waals surface area contributed by atoms with Crippen LogP contribution < -0.4 is 0 Å². The highest BCUT2D eigenvalue weighted by Crippen LogP contribution is 2.67. The molecule has 0 unspecified atom stereocenters. The molecule has 0 heterocycles. The summed E-state index contributed by atoms with van der Waals surface area (Å²) in [5.41, 5.74) is -0.692. The predicted molar refractivity (Wildman–Crippen MR) is 69.3 cm³/mol. The van der Waals surface area contributed by atoms with Gasteiger partial charge in [-0.25, -0.2) is 0 Å². The molecule has 0 aliphatic heterocycles. The van der Waals surface area contributed by atoms with Crippen molar-refractivity contribution >= 4 is 5.78 Å². The van der Waals surface area contributed by atoms with Crippen molar-refractivity contribution in [1.82, 2.24) is 0 Å². The zero-order chi connectivity index (χ0) is 14.2. The molecule has 3 aliphatic carbocycles. The maximum absolute atomic E-state index is 12.5. The highest BCUT2D eigenvalue weighted by atomic mass is 16.3. The van der Waals surface area contributed by atoms with Gasteiger partial charge in [0.05, 0.1) is 17.6 Å². The molecule has 4 nitrogen and oxygen atoms in total. The van der Waals surface area contributed by atoms with Gasteiger partial charge in [0.15, 0.2) is 5.78 Å². The van der Waals surface area contributed by atoms with Crippen molar-refractivity contribution in [2.45, 2.75) is 51.7 Å². The molecule has 0 spiro atoms. The summed E-state index contributed by atoms with van der Waals surface area (Å²) >= 11 is 0. The lowest BCUT2D eigenvalue weighted by Gasteiger charge is -2.59. The molecule has 3 rings (SSSR count). The van der Waals surface area contributed by atoms with Gasteiger partial charge in [-0.2, -0.15) is 0 Å². The Kier molecular flexibility index (Phi) is 2.44. The van der Waals surface area contributed by atoms with Crippen molar-refractivity contribution in [2.75, 3.05) is 6.61 Å². The maximum Gasteiger partial charge on any atom is 0.164 e. The number of aliphatic hydroxyl groups is 3. The minimum atomic E-state index is -1.12. The van der Waals surface area contributed by atoms with E-state index in [1.165, 1.54) is 0 Å². The molecule has 106 valence electrons. The summed E-state index contributed by atoms with van der Waals surface area (Å²) in [6.07, 6.45) is 0.851. The van der Waals surface area contributed by atoms with Crippen LogP contribution in [0.2, 0.25) is 0 Å².